The number of thiocyanates is 1. The molecule has 1 aliphatic rings. The summed E-state index contributed by atoms with van der Waals surface area (Å²) in [7, 11) is 0. The number of esters is 1. The predicted octanol–water partition coefficient (Wildman–Crippen LogP) is 2.71. The zero-order valence-corrected chi connectivity index (χ0v) is 12.7. The minimum absolute atomic E-state index is 0.0400. The third-order valence-electron chi connectivity index (χ3n) is 3.39. The number of anilines is 1. The molecule has 0 unspecified atom stereocenters. The van der Waals surface area contributed by atoms with E-state index < -0.39 is 0 Å². The summed E-state index contributed by atoms with van der Waals surface area (Å²) in [5.41, 5.74) is 1.50. The smallest absolute Gasteiger partial charge is 0.309 e. The van der Waals surface area contributed by atoms with Crippen LogP contribution in [0.25, 0.3) is 0 Å². The minimum atomic E-state index is -0.361. The Morgan fingerprint density at radius 2 is 2.24 bits per heavy atom. The molecule has 6 heteroatoms. The van der Waals surface area contributed by atoms with Gasteiger partial charge in [0.2, 0.25) is 0 Å². The number of ether oxygens (including phenoxy) is 1. The maximum Gasteiger partial charge on any atom is 0.309 e. The van der Waals surface area contributed by atoms with E-state index in [0.29, 0.717) is 11.6 Å². The van der Waals surface area contributed by atoms with Gasteiger partial charge in [0, 0.05) is 10.6 Å². The summed E-state index contributed by atoms with van der Waals surface area (Å²) in [6, 6.07) is 5.31. The second-order valence-electron chi connectivity index (χ2n) is 5.15. The normalized spacial score (nSPS) is 19.5. The Morgan fingerprint density at radius 3 is 2.81 bits per heavy atom. The highest BCUT2D eigenvalue weighted by atomic mass is 32.2. The Hall–Kier alpha value is -2.00. The Morgan fingerprint density at radius 1 is 1.52 bits per heavy atom. The van der Waals surface area contributed by atoms with E-state index in [1.54, 1.807) is 12.1 Å². The Kier molecular flexibility index (Phi) is 4.86. The summed E-state index contributed by atoms with van der Waals surface area (Å²) in [5.74, 6) is -0.328. The zero-order chi connectivity index (χ0) is 15.4. The standard InChI is InChI=1S/C15H16N2O3S/c1-9-6-12(9)15(19)20-7-14(18)17-13-4-3-11(21-8-16)5-10(13)2/h3-5,9,12H,6-7H2,1-2H3,(H,17,18)/t9-,12+/m0/s1. The molecule has 0 bridgehead atoms. The molecular formula is C15H16N2O3S. The van der Waals surface area contributed by atoms with Gasteiger partial charge in [-0.2, -0.15) is 5.26 Å². The highest BCUT2D eigenvalue weighted by molar-refractivity contribution is 8.03. The number of nitrogens with one attached hydrogen (secondary N) is 1. The van der Waals surface area contributed by atoms with Crippen LogP contribution in [0.3, 0.4) is 0 Å². The number of benzene rings is 1. The third-order valence-corrected chi connectivity index (χ3v) is 3.97. The van der Waals surface area contributed by atoms with Gasteiger partial charge in [-0.3, -0.25) is 9.59 Å². The van der Waals surface area contributed by atoms with E-state index in [2.05, 4.69) is 5.32 Å². The van der Waals surface area contributed by atoms with Crippen LogP contribution in [0.1, 0.15) is 18.9 Å². The van der Waals surface area contributed by atoms with Crippen molar-refractivity contribution in [2.45, 2.75) is 25.2 Å². The summed E-state index contributed by atoms with van der Waals surface area (Å²) in [6.45, 7) is 3.56. The lowest BCUT2D eigenvalue weighted by Crippen LogP contribution is -2.22. The molecule has 0 aromatic heterocycles. The second-order valence-corrected chi connectivity index (χ2v) is 6.00. The summed E-state index contributed by atoms with van der Waals surface area (Å²) < 4.78 is 4.97. The molecule has 5 nitrogen and oxygen atoms in total. The molecule has 1 aromatic carbocycles. The molecule has 0 radical (unpaired) electrons. The monoisotopic (exact) mass is 304 g/mol. The number of rotatable bonds is 5. The molecular weight excluding hydrogens is 288 g/mol. The quantitative estimate of drug-likeness (QED) is 0.514. The first kappa shape index (κ1) is 15.4. The molecule has 0 spiro atoms. The van der Waals surface area contributed by atoms with Gasteiger partial charge in [-0.05, 0) is 54.8 Å². The summed E-state index contributed by atoms with van der Waals surface area (Å²) in [4.78, 5) is 24.1. The summed E-state index contributed by atoms with van der Waals surface area (Å²) in [5, 5.41) is 13.3. The van der Waals surface area contributed by atoms with Crippen molar-refractivity contribution in [3.8, 4) is 5.40 Å². The van der Waals surface area contributed by atoms with Crippen LogP contribution in [0.2, 0.25) is 0 Å². The Bertz CT molecular complexity index is 609. The molecule has 1 N–H and O–H groups in total. The van der Waals surface area contributed by atoms with Crippen LogP contribution in [0.5, 0.6) is 0 Å². The van der Waals surface area contributed by atoms with Crippen LogP contribution < -0.4 is 5.32 Å². The van der Waals surface area contributed by atoms with Gasteiger partial charge < -0.3 is 10.1 Å². The van der Waals surface area contributed by atoms with E-state index >= 15 is 0 Å². The van der Waals surface area contributed by atoms with Gasteiger partial charge >= 0.3 is 5.97 Å². The predicted molar refractivity (Wildman–Crippen MR) is 79.5 cm³/mol. The van der Waals surface area contributed by atoms with Crippen molar-refractivity contribution in [1.29, 1.82) is 5.26 Å². The number of amides is 1. The van der Waals surface area contributed by atoms with Crippen molar-refractivity contribution < 1.29 is 14.3 Å². The van der Waals surface area contributed by atoms with Crippen molar-refractivity contribution in [1.82, 2.24) is 0 Å². The van der Waals surface area contributed by atoms with Crippen LogP contribution in [-0.2, 0) is 14.3 Å². The lowest BCUT2D eigenvalue weighted by molar-refractivity contribution is -0.148. The van der Waals surface area contributed by atoms with Crippen LogP contribution in [0.15, 0.2) is 23.1 Å². The number of hydrogen-bond donors (Lipinski definition) is 1. The number of nitriles is 1. The molecule has 1 aromatic rings. The maximum atomic E-state index is 11.8. The van der Waals surface area contributed by atoms with Crippen LogP contribution >= 0.6 is 11.8 Å². The van der Waals surface area contributed by atoms with Crippen LogP contribution in [0.4, 0.5) is 5.69 Å². The lowest BCUT2D eigenvalue weighted by Gasteiger charge is -2.09. The van der Waals surface area contributed by atoms with Gasteiger partial charge in [0.25, 0.3) is 5.91 Å². The van der Waals surface area contributed by atoms with Gasteiger partial charge in [-0.25, -0.2) is 0 Å². The van der Waals surface area contributed by atoms with Gasteiger partial charge in [-0.1, -0.05) is 6.92 Å². The van der Waals surface area contributed by atoms with Gasteiger partial charge in [0.05, 0.1) is 5.92 Å². The van der Waals surface area contributed by atoms with Crippen molar-refractivity contribution in [2.24, 2.45) is 11.8 Å². The van der Waals surface area contributed by atoms with Gasteiger partial charge in [0.15, 0.2) is 6.61 Å². The van der Waals surface area contributed by atoms with Gasteiger partial charge in [-0.15, -0.1) is 0 Å². The number of nitrogens with zero attached hydrogens (tertiary/aromatic N) is 1. The van der Waals surface area contributed by atoms with Gasteiger partial charge in [0.1, 0.15) is 5.40 Å². The molecule has 0 aliphatic heterocycles. The van der Waals surface area contributed by atoms with Crippen molar-refractivity contribution >= 4 is 29.3 Å². The lowest BCUT2D eigenvalue weighted by atomic mass is 10.2. The molecule has 1 amide bonds. The van der Waals surface area contributed by atoms with E-state index in [1.807, 2.05) is 25.3 Å². The topological polar surface area (TPSA) is 79.2 Å². The highest BCUT2D eigenvalue weighted by Gasteiger charge is 2.40. The number of carbonyl (C=O) groups excluding carboxylic acids is 2. The van der Waals surface area contributed by atoms with E-state index in [-0.39, 0.29) is 24.4 Å². The van der Waals surface area contributed by atoms with Crippen LogP contribution in [0, 0.1) is 29.4 Å². The number of hydrogen-bond acceptors (Lipinski definition) is 5. The molecule has 0 saturated heterocycles. The largest absolute Gasteiger partial charge is 0.455 e. The van der Waals surface area contributed by atoms with E-state index in [9.17, 15) is 9.59 Å². The molecule has 2 rings (SSSR count). The average Bonchev–Trinajstić information content (AvgIpc) is 3.17. The second kappa shape index (κ2) is 6.64. The van der Waals surface area contributed by atoms with E-state index in [4.69, 9.17) is 10.00 Å². The molecule has 21 heavy (non-hydrogen) atoms. The van der Waals surface area contributed by atoms with Crippen molar-refractivity contribution in [3.63, 3.8) is 0 Å². The Labute approximate surface area is 127 Å². The maximum absolute atomic E-state index is 11.8. The number of aryl methyl sites for hydroxylation is 1. The average molecular weight is 304 g/mol. The van der Waals surface area contributed by atoms with Crippen molar-refractivity contribution in [3.05, 3.63) is 23.8 Å². The fourth-order valence-electron chi connectivity index (χ4n) is 1.97. The summed E-state index contributed by atoms with van der Waals surface area (Å²) in [6.07, 6.45) is 0.845. The van der Waals surface area contributed by atoms with E-state index in [1.165, 1.54) is 0 Å². The molecule has 1 aliphatic carbocycles. The third kappa shape index (κ3) is 4.23. The molecule has 0 heterocycles. The minimum Gasteiger partial charge on any atom is -0.455 e. The van der Waals surface area contributed by atoms with Crippen LogP contribution in [-0.4, -0.2) is 18.5 Å². The summed E-state index contributed by atoms with van der Waals surface area (Å²) >= 11 is 1.07. The first-order chi connectivity index (χ1) is 10.0. The highest BCUT2D eigenvalue weighted by Crippen LogP contribution is 2.38. The first-order valence-corrected chi connectivity index (χ1v) is 7.46. The van der Waals surface area contributed by atoms with Crippen molar-refractivity contribution in [2.75, 3.05) is 11.9 Å². The molecule has 2 atom stereocenters. The Balaban J connectivity index is 1.85. The fourth-order valence-corrected chi connectivity index (χ4v) is 2.45. The number of carbonyl (C=O) groups is 2. The molecule has 1 saturated carbocycles. The molecule has 110 valence electrons. The fraction of sp³-hybridized carbons (Fsp3) is 0.400. The molecule has 1 fully saturated rings. The van der Waals surface area contributed by atoms with E-state index in [0.717, 1.165) is 28.6 Å². The zero-order valence-electron chi connectivity index (χ0n) is 11.9. The number of thioether (sulfide) groups is 1. The SMILES string of the molecule is Cc1cc(SC#N)ccc1NC(=O)COC(=O)[C@@H]1C[C@@H]1C. The first-order valence-electron chi connectivity index (χ1n) is 6.64.